The van der Waals surface area contributed by atoms with Crippen LogP contribution < -0.4 is 5.32 Å². The van der Waals surface area contributed by atoms with E-state index in [1.54, 1.807) is 7.11 Å². The molecule has 55 valence electrons. The summed E-state index contributed by atoms with van der Waals surface area (Å²) in [6, 6.07) is 0. The Morgan fingerprint density at radius 3 is 2.78 bits per heavy atom. The normalized spacial score (nSPS) is 10.0. The van der Waals surface area contributed by atoms with Crippen LogP contribution in [0.3, 0.4) is 0 Å². The fraction of sp³-hybridized carbons (Fsp3) is 0.857. The fourth-order valence-corrected chi connectivity index (χ4v) is 0.592. The molecule has 0 rings (SSSR count). The fourth-order valence-electron chi connectivity index (χ4n) is 0.592. The van der Waals surface area contributed by atoms with Crippen LogP contribution in [0.4, 0.5) is 0 Å². The molecule has 0 aromatic carbocycles. The minimum Gasteiger partial charge on any atom is -0.385 e. The van der Waals surface area contributed by atoms with E-state index in [1.807, 2.05) is 0 Å². The zero-order valence-corrected chi connectivity index (χ0v) is 6.15. The van der Waals surface area contributed by atoms with E-state index in [0.29, 0.717) is 0 Å². The molecule has 0 saturated heterocycles. The van der Waals surface area contributed by atoms with Crippen molar-refractivity contribution in [2.75, 3.05) is 26.8 Å². The minimum absolute atomic E-state index is 0.851. The van der Waals surface area contributed by atoms with Crippen molar-refractivity contribution in [1.82, 2.24) is 5.32 Å². The number of ether oxygens (including phenoxy) is 1. The van der Waals surface area contributed by atoms with Gasteiger partial charge in [0.05, 0.1) is 0 Å². The van der Waals surface area contributed by atoms with Gasteiger partial charge in [0.15, 0.2) is 0 Å². The van der Waals surface area contributed by atoms with E-state index >= 15 is 0 Å². The Hall–Kier alpha value is -0.0800. The Morgan fingerprint density at radius 2 is 2.22 bits per heavy atom. The van der Waals surface area contributed by atoms with Crippen LogP contribution in [0, 0.1) is 6.92 Å². The molecule has 0 aliphatic rings. The molecule has 0 saturated carbocycles. The molecule has 9 heavy (non-hydrogen) atoms. The van der Waals surface area contributed by atoms with Gasteiger partial charge in [-0.15, -0.1) is 0 Å². The van der Waals surface area contributed by atoms with Crippen molar-refractivity contribution in [1.29, 1.82) is 0 Å². The van der Waals surface area contributed by atoms with E-state index in [2.05, 4.69) is 12.2 Å². The summed E-state index contributed by atoms with van der Waals surface area (Å²) >= 11 is 0. The predicted molar refractivity (Wildman–Crippen MR) is 39.3 cm³/mol. The number of hydrogen-bond donors (Lipinski definition) is 1. The SMILES string of the molecule is [CH2]CCNCCCOC. The third-order valence-electron chi connectivity index (χ3n) is 1.06. The largest absolute Gasteiger partial charge is 0.385 e. The first-order valence-electron chi connectivity index (χ1n) is 3.40. The molecule has 0 fully saturated rings. The van der Waals surface area contributed by atoms with E-state index in [9.17, 15) is 0 Å². The second-order valence-electron chi connectivity index (χ2n) is 1.95. The van der Waals surface area contributed by atoms with Crippen LogP contribution >= 0.6 is 0 Å². The summed E-state index contributed by atoms with van der Waals surface area (Å²) in [7, 11) is 1.72. The number of hydrogen-bond acceptors (Lipinski definition) is 2. The molecular formula is C7H16NO. The monoisotopic (exact) mass is 130 g/mol. The maximum atomic E-state index is 4.87. The summed E-state index contributed by atoms with van der Waals surface area (Å²) in [5.74, 6) is 0. The summed E-state index contributed by atoms with van der Waals surface area (Å²) in [6.07, 6.45) is 2.06. The summed E-state index contributed by atoms with van der Waals surface area (Å²) in [4.78, 5) is 0. The predicted octanol–water partition coefficient (Wildman–Crippen LogP) is 0.837. The van der Waals surface area contributed by atoms with Crippen LogP contribution in [0.25, 0.3) is 0 Å². The van der Waals surface area contributed by atoms with Crippen molar-refractivity contribution in [3.63, 3.8) is 0 Å². The van der Waals surface area contributed by atoms with E-state index in [0.717, 1.165) is 32.5 Å². The van der Waals surface area contributed by atoms with Crippen LogP contribution in [-0.4, -0.2) is 26.8 Å². The lowest BCUT2D eigenvalue weighted by atomic mass is 10.4. The lowest BCUT2D eigenvalue weighted by molar-refractivity contribution is 0.194. The van der Waals surface area contributed by atoms with Crippen LogP contribution in [0.2, 0.25) is 0 Å². The van der Waals surface area contributed by atoms with Crippen molar-refractivity contribution in [2.45, 2.75) is 12.8 Å². The molecular weight excluding hydrogens is 114 g/mol. The Morgan fingerprint density at radius 1 is 1.44 bits per heavy atom. The average Bonchev–Trinajstić information content (AvgIpc) is 1.89. The van der Waals surface area contributed by atoms with Crippen molar-refractivity contribution >= 4 is 0 Å². The second kappa shape index (κ2) is 7.92. The van der Waals surface area contributed by atoms with Crippen LogP contribution in [0.1, 0.15) is 12.8 Å². The minimum atomic E-state index is 0.851. The Bertz CT molecular complexity index is 42.2. The van der Waals surface area contributed by atoms with Gasteiger partial charge in [-0.25, -0.2) is 0 Å². The summed E-state index contributed by atoms with van der Waals surface area (Å²) in [5.41, 5.74) is 0. The van der Waals surface area contributed by atoms with E-state index in [-0.39, 0.29) is 0 Å². The van der Waals surface area contributed by atoms with Gasteiger partial charge in [-0.2, -0.15) is 0 Å². The van der Waals surface area contributed by atoms with Crippen LogP contribution in [0.15, 0.2) is 0 Å². The summed E-state index contributed by atoms with van der Waals surface area (Å²) < 4.78 is 4.87. The Labute approximate surface area is 57.6 Å². The molecule has 2 heteroatoms. The third kappa shape index (κ3) is 7.92. The van der Waals surface area contributed by atoms with E-state index in [4.69, 9.17) is 4.74 Å². The van der Waals surface area contributed by atoms with Gasteiger partial charge in [-0.1, -0.05) is 6.92 Å². The summed E-state index contributed by atoms with van der Waals surface area (Å²) in [5, 5.41) is 3.23. The molecule has 0 aromatic heterocycles. The molecule has 0 aromatic rings. The third-order valence-corrected chi connectivity index (χ3v) is 1.06. The van der Waals surface area contributed by atoms with Gasteiger partial charge in [0.1, 0.15) is 0 Å². The summed E-state index contributed by atoms with van der Waals surface area (Å²) in [6.45, 7) is 6.62. The number of methoxy groups -OCH3 is 1. The zero-order valence-electron chi connectivity index (χ0n) is 6.15. The molecule has 2 nitrogen and oxygen atoms in total. The van der Waals surface area contributed by atoms with Gasteiger partial charge in [-0.05, 0) is 25.9 Å². The van der Waals surface area contributed by atoms with Crippen LogP contribution in [-0.2, 0) is 4.74 Å². The lowest BCUT2D eigenvalue weighted by Crippen LogP contribution is -2.17. The molecule has 0 spiro atoms. The molecule has 0 atom stereocenters. The van der Waals surface area contributed by atoms with Gasteiger partial charge in [0.25, 0.3) is 0 Å². The van der Waals surface area contributed by atoms with Crippen molar-refractivity contribution < 1.29 is 4.74 Å². The molecule has 0 aliphatic heterocycles. The van der Waals surface area contributed by atoms with Gasteiger partial charge in [-0.3, -0.25) is 0 Å². The highest BCUT2D eigenvalue weighted by Gasteiger charge is 1.83. The first-order valence-corrected chi connectivity index (χ1v) is 3.40. The highest BCUT2D eigenvalue weighted by Crippen LogP contribution is 1.76. The Balaban J connectivity index is 2.60. The molecule has 0 bridgehead atoms. The zero-order chi connectivity index (χ0) is 6.95. The standard InChI is InChI=1S/C7H16NO/c1-3-5-8-6-4-7-9-2/h8H,1,3-7H2,2H3. The lowest BCUT2D eigenvalue weighted by Gasteiger charge is -2.00. The van der Waals surface area contributed by atoms with E-state index in [1.165, 1.54) is 0 Å². The molecule has 0 heterocycles. The molecule has 0 amide bonds. The maximum Gasteiger partial charge on any atom is 0.0474 e. The number of nitrogens with one attached hydrogen (secondary N) is 1. The topological polar surface area (TPSA) is 21.3 Å². The highest BCUT2D eigenvalue weighted by molar-refractivity contribution is 4.47. The quantitative estimate of drug-likeness (QED) is 0.538. The van der Waals surface area contributed by atoms with Gasteiger partial charge >= 0.3 is 0 Å². The maximum absolute atomic E-state index is 4.87. The number of rotatable bonds is 6. The van der Waals surface area contributed by atoms with Gasteiger partial charge < -0.3 is 10.1 Å². The molecule has 1 N–H and O–H groups in total. The van der Waals surface area contributed by atoms with E-state index < -0.39 is 0 Å². The molecule has 0 unspecified atom stereocenters. The van der Waals surface area contributed by atoms with Crippen LogP contribution in [0.5, 0.6) is 0 Å². The van der Waals surface area contributed by atoms with Gasteiger partial charge in [0, 0.05) is 13.7 Å². The van der Waals surface area contributed by atoms with Crippen molar-refractivity contribution in [3.8, 4) is 0 Å². The van der Waals surface area contributed by atoms with Gasteiger partial charge in [0.2, 0.25) is 0 Å². The Kier molecular flexibility index (Phi) is 7.85. The molecule has 0 aliphatic carbocycles. The first-order chi connectivity index (χ1) is 4.41. The smallest absolute Gasteiger partial charge is 0.0474 e. The molecule has 1 radical (unpaired) electrons. The average molecular weight is 130 g/mol. The van der Waals surface area contributed by atoms with Crippen molar-refractivity contribution in [2.24, 2.45) is 0 Å². The first kappa shape index (κ1) is 8.92. The second-order valence-corrected chi connectivity index (χ2v) is 1.95. The highest BCUT2D eigenvalue weighted by atomic mass is 16.5. The van der Waals surface area contributed by atoms with Crippen molar-refractivity contribution in [3.05, 3.63) is 6.92 Å².